The number of hydrogen-bond donors (Lipinski definition) is 0. The first-order valence-electron chi connectivity index (χ1n) is 12.5. The molecular weight excluding hydrogens is 498 g/mol. The lowest BCUT2D eigenvalue weighted by Gasteiger charge is -2.45. The summed E-state index contributed by atoms with van der Waals surface area (Å²) in [6.45, 7) is 19.2. The van der Waals surface area contributed by atoms with E-state index in [0.29, 0.717) is 0 Å². The maximum Gasteiger partial charge on any atom is 0.311 e. The van der Waals surface area contributed by atoms with E-state index in [1.165, 1.54) is 0 Å². The number of ether oxygens (including phenoxy) is 5. The summed E-state index contributed by atoms with van der Waals surface area (Å²) in [7, 11) is 0. The zero-order chi connectivity index (χ0) is 29.9. The van der Waals surface area contributed by atoms with Crippen LogP contribution in [0, 0.1) is 21.7 Å². The van der Waals surface area contributed by atoms with Gasteiger partial charge >= 0.3 is 23.9 Å². The van der Waals surface area contributed by atoms with Gasteiger partial charge in [-0.3, -0.25) is 19.2 Å². The fourth-order valence-corrected chi connectivity index (χ4v) is 2.85. The van der Waals surface area contributed by atoms with Crippen LogP contribution in [-0.4, -0.2) is 61.1 Å². The lowest BCUT2D eigenvalue weighted by Crippen LogP contribution is -2.63. The minimum Gasteiger partial charge on any atom is -0.462 e. The number of carbonyl (C=O) groups is 4. The minimum absolute atomic E-state index is 0.418. The zero-order valence-electron chi connectivity index (χ0n) is 24.6. The molecule has 0 bridgehead atoms. The fraction of sp³-hybridized carbons (Fsp3) is 0.846. The summed E-state index contributed by atoms with van der Waals surface area (Å²) < 4.78 is 28.6. The molecule has 1 saturated heterocycles. The molecule has 0 N–H and O–H groups in total. The van der Waals surface area contributed by atoms with Gasteiger partial charge < -0.3 is 23.7 Å². The van der Waals surface area contributed by atoms with E-state index in [4.69, 9.17) is 23.7 Å². The third kappa shape index (κ3) is 9.16. The van der Waals surface area contributed by atoms with E-state index in [9.17, 15) is 24.7 Å². The second-order valence-corrected chi connectivity index (χ2v) is 13.5. The molecule has 0 aliphatic carbocycles. The van der Waals surface area contributed by atoms with Gasteiger partial charge in [-0.2, -0.15) is 0 Å². The summed E-state index contributed by atoms with van der Waals surface area (Å²) in [6.07, 6.45) is -6.97. The molecule has 1 rings (SSSR count). The quantitative estimate of drug-likeness (QED) is 0.155. The standard InChI is InChI=1S/C26H43N3O9/c1-23(2,3)19(30)34-13-14-15(36-20(31)24(4,5)6)16(37-21(32)25(7,8)9)17(18(35-14)28-29-27)38-22(33)26(10,11)12/h14-18H,13H2,1-12H3/t14-,15-,16+,17+,18-/m1/s1. The van der Waals surface area contributed by atoms with Gasteiger partial charge in [0.25, 0.3) is 0 Å². The third-order valence-corrected chi connectivity index (χ3v) is 5.33. The van der Waals surface area contributed by atoms with E-state index in [-0.39, 0.29) is 0 Å². The van der Waals surface area contributed by atoms with Crippen LogP contribution in [0.15, 0.2) is 5.11 Å². The lowest BCUT2D eigenvalue weighted by molar-refractivity contribution is -0.259. The van der Waals surface area contributed by atoms with E-state index in [1.54, 1.807) is 83.1 Å². The van der Waals surface area contributed by atoms with Crippen molar-refractivity contribution in [2.75, 3.05) is 6.61 Å². The van der Waals surface area contributed by atoms with Gasteiger partial charge in [-0.25, -0.2) is 0 Å². The molecule has 0 amide bonds. The maximum absolute atomic E-state index is 13.0. The van der Waals surface area contributed by atoms with Gasteiger partial charge in [0, 0.05) is 4.91 Å². The Bertz CT molecular complexity index is 945. The third-order valence-electron chi connectivity index (χ3n) is 5.33. The van der Waals surface area contributed by atoms with Gasteiger partial charge in [-0.1, -0.05) is 5.11 Å². The normalized spacial score (nSPS) is 24.5. The smallest absolute Gasteiger partial charge is 0.311 e. The van der Waals surface area contributed by atoms with Crippen molar-refractivity contribution in [3.63, 3.8) is 0 Å². The van der Waals surface area contributed by atoms with E-state index < -0.39 is 82.8 Å². The summed E-state index contributed by atoms with van der Waals surface area (Å²) in [5.41, 5.74) is 5.44. The molecule has 12 heteroatoms. The Morgan fingerprint density at radius 1 is 0.658 bits per heavy atom. The Balaban J connectivity index is 3.67. The van der Waals surface area contributed by atoms with Crippen LogP contribution in [0.1, 0.15) is 83.1 Å². The van der Waals surface area contributed by atoms with E-state index in [0.717, 1.165) is 0 Å². The minimum atomic E-state index is -1.48. The number of azide groups is 1. The molecule has 0 aromatic heterocycles. The molecule has 1 aliphatic heterocycles. The van der Waals surface area contributed by atoms with Crippen molar-refractivity contribution in [3.05, 3.63) is 10.4 Å². The highest BCUT2D eigenvalue weighted by atomic mass is 16.7. The molecule has 0 saturated carbocycles. The van der Waals surface area contributed by atoms with Crippen molar-refractivity contribution < 1.29 is 42.9 Å². The SMILES string of the molecule is CC(C)(C)C(=O)OC[C@H]1O[C@@H](N=[N+]=[N-])[C@@H](OC(=O)C(C)(C)C)[C@@H](OC(=O)C(C)(C)C)[C@@H]1OC(=O)C(C)(C)C. The average molecular weight is 542 g/mol. The van der Waals surface area contributed by atoms with Crippen molar-refractivity contribution in [2.24, 2.45) is 26.8 Å². The Morgan fingerprint density at radius 2 is 1.03 bits per heavy atom. The van der Waals surface area contributed by atoms with Gasteiger partial charge in [0.15, 0.2) is 24.5 Å². The van der Waals surface area contributed by atoms with Crippen LogP contribution >= 0.6 is 0 Å². The van der Waals surface area contributed by atoms with Crippen molar-refractivity contribution in [3.8, 4) is 0 Å². The largest absolute Gasteiger partial charge is 0.462 e. The molecule has 0 aromatic rings. The van der Waals surface area contributed by atoms with Crippen LogP contribution in [-0.2, 0) is 42.9 Å². The molecule has 0 unspecified atom stereocenters. The maximum atomic E-state index is 13.0. The summed E-state index contributed by atoms with van der Waals surface area (Å²) in [6, 6.07) is 0. The second-order valence-electron chi connectivity index (χ2n) is 13.5. The van der Waals surface area contributed by atoms with Crippen LogP contribution in [0.25, 0.3) is 10.4 Å². The van der Waals surface area contributed by atoms with Gasteiger partial charge in [-0.15, -0.1) is 0 Å². The molecular formula is C26H43N3O9. The molecule has 1 heterocycles. The van der Waals surface area contributed by atoms with Crippen LogP contribution < -0.4 is 0 Å². The predicted molar refractivity (Wildman–Crippen MR) is 136 cm³/mol. The van der Waals surface area contributed by atoms with Gasteiger partial charge in [0.05, 0.1) is 21.7 Å². The van der Waals surface area contributed by atoms with Crippen molar-refractivity contribution in [2.45, 2.75) is 114 Å². The van der Waals surface area contributed by atoms with Crippen molar-refractivity contribution >= 4 is 23.9 Å². The topological polar surface area (TPSA) is 163 Å². The highest BCUT2D eigenvalue weighted by Gasteiger charge is 2.54. The summed E-state index contributed by atoms with van der Waals surface area (Å²) in [5.74, 6) is -2.62. The first-order valence-corrected chi connectivity index (χ1v) is 12.5. The predicted octanol–water partition coefficient (Wildman–Crippen LogP) is 4.48. The lowest BCUT2D eigenvalue weighted by atomic mass is 9.92. The van der Waals surface area contributed by atoms with Crippen LogP contribution in [0.3, 0.4) is 0 Å². The molecule has 12 nitrogen and oxygen atoms in total. The van der Waals surface area contributed by atoms with Crippen LogP contribution in [0.2, 0.25) is 0 Å². The molecule has 1 fully saturated rings. The molecule has 216 valence electrons. The first kappa shape index (κ1) is 33.2. The number of rotatable bonds is 6. The van der Waals surface area contributed by atoms with Crippen LogP contribution in [0.4, 0.5) is 0 Å². The summed E-state index contributed by atoms with van der Waals surface area (Å²) in [5, 5.41) is 3.62. The van der Waals surface area contributed by atoms with Gasteiger partial charge in [0.1, 0.15) is 12.7 Å². The zero-order valence-corrected chi connectivity index (χ0v) is 24.6. The fourth-order valence-electron chi connectivity index (χ4n) is 2.85. The molecule has 5 atom stereocenters. The van der Waals surface area contributed by atoms with Crippen LogP contribution in [0.5, 0.6) is 0 Å². The van der Waals surface area contributed by atoms with Crippen molar-refractivity contribution in [1.82, 2.24) is 0 Å². The summed E-state index contributed by atoms with van der Waals surface area (Å²) in [4.78, 5) is 54.2. The monoisotopic (exact) mass is 541 g/mol. The molecule has 0 spiro atoms. The Kier molecular flexibility index (Phi) is 10.4. The second kappa shape index (κ2) is 11.9. The molecule has 1 aliphatic rings. The highest BCUT2D eigenvalue weighted by molar-refractivity contribution is 5.78. The highest BCUT2D eigenvalue weighted by Crippen LogP contribution is 2.34. The Labute approximate surface area is 224 Å². The molecule has 0 aromatic carbocycles. The number of nitrogens with zero attached hydrogens (tertiary/aromatic N) is 3. The number of hydrogen-bond acceptors (Lipinski definition) is 10. The van der Waals surface area contributed by atoms with Crippen molar-refractivity contribution in [1.29, 1.82) is 0 Å². The summed E-state index contributed by atoms with van der Waals surface area (Å²) >= 11 is 0. The Hall–Kier alpha value is -2.85. The first-order chi connectivity index (χ1) is 17.0. The van der Waals surface area contributed by atoms with Gasteiger partial charge in [0.2, 0.25) is 0 Å². The molecule has 0 radical (unpaired) electrons. The average Bonchev–Trinajstić information content (AvgIpc) is 2.73. The van der Waals surface area contributed by atoms with Gasteiger partial charge in [-0.05, 0) is 88.6 Å². The molecule has 38 heavy (non-hydrogen) atoms. The van der Waals surface area contributed by atoms with E-state index in [2.05, 4.69) is 10.0 Å². The number of esters is 4. The van der Waals surface area contributed by atoms with E-state index in [1.807, 2.05) is 0 Å². The number of carbonyl (C=O) groups excluding carboxylic acids is 4. The Morgan fingerprint density at radius 3 is 1.39 bits per heavy atom. The van der Waals surface area contributed by atoms with E-state index >= 15 is 0 Å².